The van der Waals surface area contributed by atoms with E-state index in [4.69, 9.17) is 0 Å². The van der Waals surface area contributed by atoms with Crippen LogP contribution in [0.2, 0.25) is 0 Å². The molecule has 0 spiro atoms. The van der Waals surface area contributed by atoms with Crippen LogP contribution in [0, 0.1) is 5.41 Å². The molecule has 2 N–H and O–H groups in total. The van der Waals surface area contributed by atoms with Gasteiger partial charge in [0, 0.05) is 19.3 Å². The van der Waals surface area contributed by atoms with Crippen LogP contribution in [0.5, 0.6) is 0 Å². The normalized spacial score (nSPS) is 12.4. The average Bonchev–Trinajstić information content (AvgIpc) is 2.37. The van der Waals surface area contributed by atoms with Gasteiger partial charge >= 0.3 is 0 Å². The number of hydrogen-bond donors (Lipinski definition) is 2. The minimum absolute atomic E-state index is 0.0298. The largest absolute Gasteiger partial charge is 0.388 e. The van der Waals surface area contributed by atoms with Crippen molar-refractivity contribution < 1.29 is 8.42 Å². The number of sulfonamides is 1. The predicted octanol–water partition coefficient (Wildman–Crippen LogP) is 2.44. The maximum absolute atomic E-state index is 12.1. The third-order valence-corrected chi connectivity index (χ3v) is 4.57. The topological polar surface area (TPSA) is 58.2 Å². The van der Waals surface area contributed by atoms with Crippen LogP contribution < -0.4 is 10.0 Å². The maximum Gasteiger partial charge on any atom is 0.240 e. The highest BCUT2D eigenvalue weighted by Crippen LogP contribution is 2.20. The lowest BCUT2D eigenvalue weighted by atomic mass is 9.91. The van der Waals surface area contributed by atoms with Gasteiger partial charge in [-0.05, 0) is 36.1 Å². The molecule has 0 heterocycles. The first kappa shape index (κ1) is 15.0. The van der Waals surface area contributed by atoms with Gasteiger partial charge in [-0.1, -0.05) is 20.8 Å². The summed E-state index contributed by atoms with van der Waals surface area (Å²) in [6.45, 7) is 6.58. The second kappa shape index (κ2) is 5.71. The van der Waals surface area contributed by atoms with Crippen LogP contribution in [0.4, 0.5) is 5.69 Å². The van der Waals surface area contributed by atoms with E-state index in [0.717, 1.165) is 12.1 Å². The van der Waals surface area contributed by atoms with Gasteiger partial charge in [0.15, 0.2) is 0 Å². The monoisotopic (exact) mass is 270 g/mol. The highest BCUT2D eigenvalue weighted by Gasteiger charge is 2.20. The van der Waals surface area contributed by atoms with E-state index in [2.05, 4.69) is 17.0 Å². The summed E-state index contributed by atoms with van der Waals surface area (Å²) in [4.78, 5) is 0.299. The van der Waals surface area contributed by atoms with Crippen molar-refractivity contribution in [3.8, 4) is 0 Å². The van der Waals surface area contributed by atoms with Crippen LogP contribution in [0.3, 0.4) is 0 Å². The summed E-state index contributed by atoms with van der Waals surface area (Å²) in [6.07, 6.45) is 0.925. The van der Waals surface area contributed by atoms with E-state index in [9.17, 15) is 8.42 Å². The summed E-state index contributed by atoms with van der Waals surface area (Å²) in [5, 5.41) is 2.96. The van der Waals surface area contributed by atoms with Crippen molar-refractivity contribution in [1.82, 2.24) is 4.72 Å². The smallest absolute Gasteiger partial charge is 0.240 e. The van der Waals surface area contributed by atoms with Gasteiger partial charge in [0.1, 0.15) is 0 Å². The van der Waals surface area contributed by atoms with Crippen molar-refractivity contribution in [3.63, 3.8) is 0 Å². The van der Waals surface area contributed by atoms with Crippen LogP contribution in [0.1, 0.15) is 27.2 Å². The highest BCUT2D eigenvalue weighted by atomic mass is 32.2. The van der Waals surface area contributed by atoms with Crippen LogP contribution >= 0.6 is 0 Å². The van der Waals surface area contributed by atoms with Crippen molar-refractivity contribution in [2.24, 2.45) is 5.41 Å². The molecule has 0 aliphatic rings. The number of hydrogen-bond acceptors (Lipinski definition) is 3. The molecule has 0 saturated carbocycles. The molecule has 18 heavy (non-hydrogen) atoms. The number of rotatable bonds is 6. The summed E-state index contributed by atoms with van der Waals surface area (Å²) in [6, 6.07) is 6.71. The maximum atomic E-state index is 12.1. The first-order valence-electron chi connectivity index (χ1n) is 6.08. The van der Waals surface area contributed by atoms with Crippen molar-refractivity contribution in [2.45, 2.75) is 32.1 Å². The van der Waals surface area contributed by atoms with Gasteiger partial charge in [-0.3, -0.25) is 0 Å². The molecular weight excluding hydrogens is 248 g/mol. The third-order valence-electron chi connectivity index (χ3n) is 3.15. The molecule has 0 atom stereocenters. The summed E-state index contributed by atoms with van der Waals surface area (Å²) in [5.74, 6) is 0. The van der Waals surface area contributed by atoms with E-state index in [-0.39, 0.29) is 5.41 Å². The standard InChI is InChI=1S/C13H22N2O2S/c1-5-13(2,3)10-15-18(16,17)12-8-6-11(14-4)7-9-12/h6-9,14-15H,5,10H2,1-4H3. The quantitative estimate of drug-likeness (QED) is 0.834. The minimum Gasteiger partial charge on any atom is -0.388 e. The average molecular weight is 270 g/mol. The Morgan fingerprint density at radius 2 is 1.72 bits per heavy atom. The Labute approximate surface area is 110 Å². The van der Waals surface area contributed by atoms with Gasteiger partial charge < -0.3 is 5.32 Å². The summed E-state index contributed by atoms with van der Waals surface area (Å²) in [5.41, 5.74) is 0.862. The first-order valence-corrected chi connectivity index (χ1v) is 7.56. The van der Waals surface area contributed by atoms with Crippen molar-refractivity contribution >= 4 is 15.7 Å². The molecule has 102 valence electrons. The Hall–Kier alpha value is -1.07. The second-order valence-corrected chi connectivity index (χ2v) is 6.88. The molecule has 0 radical (unpaired) electrons. The van der Waals surface area contributed by atoms with E-state index in [1.165, 1.54) is 0 Å². The van der Waals surface area contributed by atoms with Crippen LogP contribution in [-0.4, -0.2) is 22.0 Å². The molecular formula is C13H22N2O2S. The first-order chi connectivity index (χ1) is 8.30. The van der Waals surface area contributed by atoms with Crippen LogP contribution in [-0.2, 0) is 10.0 Å². The third kappa shape index (κ3) is 3.99. The zero-order valence-corrected chi connectivity index (χ0v) is 12.3. The summed E-state index contributed by atoms with van der Waals surface area (Å²) < 4.78 is 26.8. The SMILES string of the molecule is CCC(C)(C)CNS(=O)(=O)c1ccc(NC)cc1. The molecule has 0 fully saturated rings. The van der Waals surface area contributed by atoms with Gasteiger partial charge in [0.05, 0.1) is 4.90 Å². The number of benzene rings is 1. The molecule has 0 saturated heterocycles. The minimum atomic E-state index is -3.41. The van der Waals surface area contributed by atoms with Gasteiger partial charge in [-0.15, -0.1) is 0 Å². The Balaban J connectivity index is 2.80. The lowest BCUT2D eigenvalue weighted by Crippen LogP contribution is -2.33. The highest BCUT2D eigenvalue weighted by molar-refractivity contribution is 7.89. The Morgan fingerprint density at radius 1 is 1.17 bits per heavy atom. The summed E-state index contributed by atoms with van der Waals surface area (Å²) in [7, 11) is -1.61. The molecule has 1 aromatic carbocycles. The lowest BCUT2D eigenvalue weighted by Gasteiger charge is -2.22. The zero-order chi connectivity index (χ0) is 13.8. The fraction of sp³-hybridized carbons (Fsp3) is 0.538. The fourth-order valence-electron chi connectivity index (χ4n) is 1.30. The van der Waals surface area contributed by atoms with E-state index in [1.807, 2.05) is 13.8 Å². The van der Waals surface area contributed by atoms with Gasteiger partial charge in [-0.2, -0.15) is 0 Å². The second-order valence-electron chi connectivity index (χ2n) is 5.12. The fourth-order valence-corrected chi connectivity index (χ4v) is 2.54. The molecule has 0 aromatic heterocycles. The van der Waals surface area contributed by atoms with Crippen LogP contribution in [0.15, 0.2) is 29.2 Å². The summed E-state index contributed by atoms with van der Waals surface area (Å²) >= 11 is 0. The van der Waals surface area contributed by atoms with Gasteiger partial charge in [0.25, 0.3) is 0 Å². The van der Waals surface area contributed by atoms with E-state index < -0.39 is 10.0 Å². The van der Waals surface area contributed by atoms with Crippen LogP contribution in [0.25, 0.3) is 0 Å². The molecule has 1 rings (SSSR count). The van der Waals surface area contributed by atoms with E-state index >= 15 is 0 Å². The number of nitrogens with one attached hydrogen (secondary N) is 2. The lowest BCUT2D eigenvalue weighted by molar-refractivity contribution is 0.350. The van der Waals surface area contributed by atoms with Gasteiger partial charge in [-0.25, -0.2) is 13.1 Å². The van der Waals surface area contributed by atoms with Crippen molar-refractivity contribution in [3.05, 3.63) is 24.3 Å². The molecule has 0 amide bonds. The zero-order valence-electron chi connectivity index (χ0n) is 11.4. The predicted molar refractivity (Wildman–Crippen MR) is 75.2 cm³/mol. The van der Waals surface area contributed by atoms with E-state index in [0.29, 0.717) is 11.4 Å². The molecule has 0 aliphatic heterocycles. The molecule has 1 aromatic rings. The van der Waals surface area contributed by atoms with Crippen molar-refractivity contribution in [1.29, 1.82) is 0 Å². The number of anilines is 1. The molecule has 0 unspecified atom stereocenters. The molecule has 5 heteroatoms. The van der Waals surface area contributed by atoms with E-state index in [1.54, 1.807) is 31.3 Å². The Morgan fingerprint density at radius 3 is 2.17 bits per heavy atom. The Kier molecular flexibility index (Phi) is 4.76. The Bertz CT molecular complexity index is 478. The molecule has 0 bridgehead atoms. The van der Waals surface area contributed by atoms with Crippen molar-refractivity contribution in [2.75, 3.05) is 18.9 Å². The van der Waals surface area contributed by atoms with Gasteiger partial charge in [0.2, 0.25) is 10.0 Å². The molecule has 4 nitrogen and oxygen atoms in total. The molecule has 0 aliphatic carbocycles.